The van der Waals surface area contributed by atoms with Gasteiger partial charge in [0.25, 0.3) is 0 Å². The van der Waals surface area contributed by atoms with Crippen LogP contribution in [0.5, 0.6) is 0 Å². The van der Waals surface area contributed by atoms with Crippen LogP contribution >= 0.6 is 0 Å². The molecule has 0 saturated heterocycles. The number of rotatable bonds is 6. The van der Waals surface area contributed by atoms with Crippen LogP contribution in [0.1, 0.15) is 16.1 Å². The number of hydrogen-bond donors (Lipinski definition) is 1. The fraction of sp³-hybridized carbons (Fsp3) is 0.500. The molecule has 7 heteroatoms. The van der Waals surface area contributed by atoms with Gasteiger partial charge in [0.15, 0.2) is 11.3 Å². The quantitative estimate of drug-likeness (QED) is 0.504. The summed E-state index contributed by atoms with van der Waals surface area (Å²) >= 11 is 0. The predicted molar refractivity (Wildman–Crippen MR) is 83.0 cm³/mol. The minimum atomic E-state index is -1.10. The van der Waals surface area contributed by atoms with Gasteiger partial charge in [0, 0.05) is 20.9 Å². The monoisotopic (exact) mass is 307 g/mol. The van der Waals surface area contributed by atoms with Crippen molar-refractivity contribution in [1.29, 1.82) is 0 Å². The van der Waals surface area contributed by atoms with Gasteiger partial charge in [-0.05, 0) is 17.7 Å². The van der Waals surface area contributed by atoms with E-state index in [9.17, 15) is 4.79 Å². The largest absolute Gasteiger partial charge is 0.464 e. The first-order chi connectivity index (χ1) is 9.92. The summed E-state index contributed by atoms with van der Waals surface area (Å²) in [7, 11) is 0.242. The summed E-state index contributed by atoms with van der Waals surface area (Å²) in [5.74, 6) is -0.450. The lowest BCUT2D eigenvalue weighted by atomic mass is 10.1. The Balaban J connectivity index is 2.16. The number of hydrogen-bond acceptors (Lipinski definition) is 5. The maximum absolute atomic E-state index is 11.7. The topological polar surface area (TPSA) is 77.1 Å². The van der Waals surface area contributed by atoms with Crippen molar-refractivity contribution in [2.24, 2.45) is 0 Å². The first-order valence-electron chi connectivity index (χ1n) is 6.90. The van der Waals surface area contributed by atoms with Crippen molar-refractivity contribution in [3.05, 3.63) is 23.5 Å². The maximum Gasteiger partial charge on any atom is 0.356 e. The molecule has 2 rings (SSSR count). The number of aromatic nitrogens is 3. The van der Waals surface area contributed by atoms with E-state index in [1.54, 1.807) is 6.20 Å². The van der Waals surface area contributed by atoms with Crippen LogP contribution in [0.15, 0.2) is 12.3 Å². The minimum Gasteiger partial charge on any atom is -0.464 e. The van der Waals surface area contributed by atoms with E-state index in [0.29, 0.717) is 23.3 Å². The first-order valence-corrected chi connectivity index (χ1v) is 10.6. The molecule has 0 amide bonds. The maximum atomic E-state index is 11.7. The van der Waals surface area contributed by atoms with Crippen LogP contribution in [0.3, 0.4) is 0 Å². The van der Waals surface area contributed by atoms with Gasteiger partial charge in [-0.1, -0.05) is 19.6 Å². The molecule has 0 aliphatic carbocycles. The summed E-state index contributed by atoms with van der Waals surface area (Å²) in [5, 5.41) is 7.39. The van der Waals surface area contributed by atoms with E-state index in [1.807, 2.05) is 6.07 Å². The lowest BCUT2D eigenvalue weighted by Crippen LogP contribution is -2.21. The second-order valence-electron chi connectivity index (χ2n) is 6.12. The Labute approximate surface area is 124 Å². The molecule has 0 atom stereocenters. The Morgan fingerprint density at radius 3 is 2.81 bits per heavy atom. The molecule has 0 radical (unpaired) electrons. The van der Waals surface area contributed by atoms with Gasteiger partial charge in [-0.15, -0.1) is 0 Å². The summed E-state index contributed by atoms with van der Waals surface area (Å²) < 4.78 is 10.5. The van der Waals surface area contributed by atoms with Gasteiger partial charge >= 0.3 is 5.97 Å². The molecule has 114 valence electrons. The normalized spacial score (nSPS) is 11.8. The molecule has 0 fully saturated rings. The number of carbonyl (C=O) groups is 1. The lowest BCUT2D eigenvalue weighted by Gasteiger charge is -2.15. The molecule has 2 heterocycles. The van der Waals surface area contributed by atoms with Gasteiger partial charge in [-0.3, -0.25) is 5.10 Å². The van der Waals surface area contributed by atoms with E-state index in [1.165, 1.54) is 7.11 Å². The van der Waals surface area contributed by atoms with Crippen molar-refractivity contribution in [2.45, 2.75) is 32.3 Å². The highest BCUT2D eigenvalue weighted by Gasteiger charge is 2.18. The summed E-state index contributed by atoms with van der Waals surface area (Å²) in [4.78, 5) is 15.9. The number of ether oxygens (including phenoxy) is 2. The van der Waals surface area contributed by atoms with E-state index < -0.39 is 14.0 Å². The zero-order valence-corrected chi connectivity index (χ0v) is 13.9. The van der Waals surface area contributed by atoms with Crippen LogP contribution in [0.2, 0.25) is 25.7 Å². The Morgan fingerprint density at radius 1 is 1.38 bits per heavy atom. The fourth-order valence-corrected chi connectivity index (χ4v) is 2.70. The average molecular weight is 307 g/mol. The number of pyridine rings is 1. The Bertz CT molecular complexity index is 634. The molecular formula is C14H21N3O3Si. The van der Waals surface area contributed by atoms with Crippen molar-refractivity contribution in [3.8, 4) is 0 Å². The van der Waals surface area contributed by atoms with E-state index in [-0.39, 0.29) is 0 Å². The summed E-state index contributed by atoms with van der Waals surface area (Å²) in [6.45, 7) is 8.10. The fourth-order valence-electron chi connectivity index (χ4n) is 1.94. The molecule has 0 aromatic carbocycles. The van der Waals surface area contributed by atoms with E-state index in [2.05, 4.69) is 34.8 Å². The van der Waals surface area contributed by atoms with Crippen LogP contribution in [0, 0.1) is 0 Å². The Kier molecular flexibility index (Phi) is 4.74. The third kappa shape index (κ3) is 3.89. The van der Waals surface area contributed by atoms with Crippen LogP contribution in [-0.2, 0) is 16.1 Å². The molecular weight excluding hydrogens is 286 g/mol. The van der Waals surface area contributed by atoms with Crippen molar-refractivity contribution in [2.75, 3.05) is 13.7 Å². The summed E-state index contributed by atoms with van der Waals surface area (Å²) in [5.41, 5.74) is 1.72. The number of methoxy groups -OCH3 is 1. The van der Waals surface area contributed by atoms with Crippen molar-refractivity contribution in [1.82, 2.24) is 15.2 Å². The highest BCUT2D eigenvalue weighted by Crippen LogP contribution is 2.20. The first kappa shape index (κ1) is 15.7. The lowest BCUT2D eigenvalue weighted by molar-refractivity contribution is 0.0596. The minimum absolute atomic E-state index is 0.324. The molecule has 0 bridgehead atoms. The third-order valence-electron chi connectivity index (χ3n) is 3.18. The van der Waals surface area contributed by atoms with Gasteiger partial charge in [-0.2, -0.15) is 5.10 Å². The molecule has 6 nitrogen and oxygen atoms in total. The van der Waals surface area contributed by atoms with Gasteiger partial charge in [0.1, 0.15) is 0 Å². The smallest absolute Gasteiger partial charge is 0.356 e. The number of esters is 1. The highest BCUT2D eigenvalue weighted by molar-refractivity contribution is 6.76. The number of aromatic amines is 1. The van der Waals surface area contributed by atoms with Gasteiger partial charge in [0.05, 0.1) is 19.1 Å². The van der Waals surface area contributed by atoms with E-state index >= 15 is 0 Å². The number of nitrogens with one attached hydrogen (secondary N) is 1. The van der Waals surface area contributed by atoms with Gasteiger partial charge < -0.3 is 9.47 Å². The third-order valence-corrected chi connectivity index (χ3v) is 4.89. The predicted octanol–water partition coefficient (Wildman–Crippen LogP) is 2.60. The number of fused-ring (bicyclic) bond motifs is 1. The SMILES string of the molecule is COC(=O)c1[nH]nc2nccc(COCC[Si](C)(C)C)c12. The molecule has 21 heavy (non-hydrogen) atoms. The second kappa shape index (κ2) is 6.36. The number of nitrogens with zero attached hydrogens (tertiary/aromatic N) is 2. The van der Waals surface area contributed by atoms with Crippen molar-refractivity contribution < 1.29 is 14.3 Å². The Hall–Kier alpha value is -1.73. The van der Waals surface area contributed by atoms with Crippen LogP contribution in [0.4, 0.5) is 0 Å². The van der Waals surface area contributed by atoms with Crippen LogP contribution < -0.4 is 0 Å². The van der Waals surface area contributed by atoms with Crippen molar-refractivity contribution in [3.63, 3.8) is 0 Å². The zero-order valence-electron chi connectivity index (χ0n) is 12.9. The summed E-state index contributed by atoms with van der Waals surface area (Å²) in [6, 6.07) is 2.95. The zero-order chi connectivity index (χ0) is 15.5. The van der Waals surface area contributed by atoms with E-state index in [4.69, 9.17) is 9.47 Å². The van der Waals surface area contributed by atoms with Gasteiger partial charge in [0.2, 0.25) is 0 Å². The highest BCUT2D eigenvalue weighted by atomic mass is 28.3. The standard InChI is InChI=1S/C14H21N3O3Si/c1-19-14(18)12-11-10(5-6-15-13(11)17-16-12)9-20-7-8-21(2,3)4/h5-6H,7-9H2,1-4H3,(H,15,16,17). The molecule has 0 spiro atoms. The second-order valence-corrected chi connectivity index (χ2v) is 11.7. The van der Waals surface area contributed by atoms with E-state index in [0.717, 1.165) is 18.2 Å². The molecule has 0 aliphatic rings. The molecule has 2 aromatic heterocycles. The number of H-pyrrole nitrogens is 1. The average Bonchev–Trinajstić information content (AvgIpc) is 2.86. The molecule has 0 aliphatic heterocycles. The van der Waals surface area contributed by atoms with Crippen LogP contribution in [0.25, 0.3) is 11.0 Å². The van der Waals surface area contributed by atoms with Gasteiger partial charge in [-0.25, -0.2) is 9.78 Å². The summed E-state index contributed by atoms with van der Waals surface area (Å²) in [6.07, 6.45) is 1.67. The molecule has 0 unspecified atom stereocenters. The van der Waals surface area contributed by atoms with Crippen LogP contribution in [-0.4, -0.2) is 42.9 Å². The molecule has 1 N–H and O–H groups in total. The molecule has 2 aromatic rings. The number of carbonyl (C=O) groups excluding carboxylic acids is 1. The Morgan fingerprint density at radius 2 is 2.14 bits per heavy atom. The molecule has 0 saturated carbocycles. The van der Waals surface area contributed by atoms with Crippen molar-refractivity contribution >= 4 is 25.1 Å².